The summed E-state index contributed by atoms with van der Waals surface area (Å²) in [6, 6.07) is 2.87. The maximum atomic E-state index is 13.8. The normalized spacial score (nSPS) is 12.1. The molecule has 0 radical (unpaired) electrons. The molecule has 0 spiro atoms. The molecule has 96 valence electrons. The average molecular weight is 245 g/mol. The molecule has 0 amide bonds. The van der Waals surface area contributed by atoms with Crippen molar-refractivity contribution in [2.75, 3.05) is 32.7 Å². The molecule has 1 aromatic rings. The van der Waals surface area contributed by atoms with Crippen molar-refractivity contribution in [3.63, 3.8) is 0 Å². The first-order valence-electron chi connectivity index (χ1n) is 5.06. The molecule has 1 aromatic carbocycles. The largest absolute Gasteiger partial charge is 0.497 e. The van der Waals surface area contributed by atoms with E-state index in [2.05, 4.69) is 5.32 Å². The Kier molecular flexibility index (Phi) is 4.99. The lowest BCUT2D eigenvalue weighted by Gasteiger charge is -2.14. The molecule has 0 bridgehead atoms. The van der Waals surface area contributed by atoms with Crippen LogP contribution in [0.4, 0.5) is 10.1 Å². The Bertz CT molecular complexity index is 373. The number of ether oxygens (including phenoxy) is 2. The summed E-state index contributed by atoms with van der Waals surface area (Å²) < 4.78 is 23.6. The summed E-state index contributed by atoms with van der Waals surface area (Å²) in [5.74, 6) is -0.0898. The second-order valence-corrected chi connectivity index (χ2v) is 3.41. The smallest absolute Gasteiger partial charge is 0.188 e. The number of methoxy groups -OCH3 is 2. The topological polar surface area (TPSA) is 71.0 Å². The fourth-order valence-electron chi connectivity index (χ4n) is 1.26. The molecule has 17 heavy (non-hydrogen) atoms. The van der Waals surface area contributed by atoms with Gasteiger partial charge in [0.25, 0.3) is 0 Å². The number of halogens is 1. The zero-order chi connectivity index (χ0) is 12.8. The Morgan fingerprint density at radius 3 is 2.59 bits per heavy atom. The van der Waals surface area contributed by atoms with Gasteiger partial charge in [-0.05, 0) is 0 Å². The van der Waals surface area contributed by atoms with Gasteiger partial charge in [0.05, 0.1) is 32.6 Å². The highest BCUT2D eigenvalue weighted by molar-refractivity contribution is 5.55. The van der Waals surface area contributed by atoms with Gasteiger partial charge in [0.2, 0.25) is 0 Å². The molecule has 5 nitrogen and oxygen atoms in total. The van der Waals surface area contributed by atoms with Crippen molar-refractivity contribution in [1.29, 1.82) is 0 Å². The van der Waals surface area contributed by atoms with Crippen LogP contribution in [0.1, 0.15) is 0 Å². The summed E-state index contributed by atoms with van der Waals surface area (Å²) in [5, 5.41) is 20.5. The van der Waals surface area contributed by atoms with Crippen molar-refractivity contribution in [3.8, 4) is 11.5 Å². The maximum Gasteiger partial charge on any atom is 0.188 e. The zero-order valence-corrected chi connectivity index (χ0v) is 9.74. The Morgan fingerprint density at radius 1 is 1.35 bits per heavy atom. The van der Waals surface area contributed by atoms with E-state index in [0.29, 0.717) is 5.75 Å². The summed E-state index contributed by atoms with van der Waals surface area (Å²) in [4.78, 5) is 0. The number of benzene rings is 1. The number of nitrogens with one attached hydrogen (secondary N) is 1. The van der Waals surface area contributed by atoms with Gasteiger partial charge in [-0.1, -0.05) is 0 Å². The summed E-state index contributed by atoms with van der Waals surface area (Å²) in [7, 11) is 2.81. The minimum absolute atomic E-state index is 0.0315. The fourth-order valence-corrected chi connectivity index (χ4v) is 1.26. The van der Waals surface area contributed by atoms with Gasteiger partial charge < -0.3 is 25.0 Å². The van der Waals surface area contributed by atoms with Gasteiger partial charge in [0.15, 0.2) is 11.6 Å². The Labute approximate surface area is 98.8 Å². The van der Waals surface area contributed by atoms with Crippen LogP contribution in [-0.4, -0.2) is 43.7 Å². The van der Waals surface area contributed by atoms with E-state index in [1.165, 1.54) is 26.4 Å². The maximum absolute atomic E-state index is 13.8. The molecule has 0 saturated heterocycles. The monoisotopic (exact) mass is 245 g/mol. The van der Waals surface area contributed by atoms with Gasteiger partial charge in [-0.3, -0.25) is 0 Å². The van der Waals surface area contributed by atoms with Gasteiger partial charge in [0, 0.05) is 18.7 Å². The summed E-state index contributed by atoms with van der Waals surface area (Å²) in [6.45, 7) is -0.362. The van der Waals surface area contributed by atoms with Gasteiger partial charge in [0.1, 0.15) is 5.75 Å². The predicted octanol–water partition coefficient (Wildman–Crippen LogP) is 0.608. The lowest BCUT2D eigenvalue weighted by molar-refractivity contribution is 0.105. The van der Waals surface area contributed by atoms with Crippen LogP contribution in [0, 0.1) is 5.82 Å². The number of hydrogen-bond donors (Lipinski definition) is 3. The van der Waals surface area contributed by atoms with E-state index in [-0.39, 0.29) is 18.0 Å². The molecule has 1 unspecified atom stereocenters. The third-order valence-corrected chi connectivity index (χ3v) is 2.21. The van der Waals surface area contributed by atoms with E-state index < -0.39 is 18.5 Å². The molecular weight excluding hydrogens is 229 g/mol. The minimum Gasteiger partial charge on any atom is -0.497 e. The highest BCUT2D eigenvalue weighted by Gasteiger charge is 2.12. The zero-order valence-electron chi connectivity index (χ0n) is 9.74. The standard InChI is InChI=1S/C11H16FNO4/c1-16-8-3-9(13-5-7(15)6-14)11(12)10(4-8)17-2/h3-4,7,13-15H,5-6H2,1-2H3. The average Bonchev–Trinajstić information content (AvgIpc) is 2.37. The van der Waals surface area contributed by atoms with E-state index in [0.717, 1.165) is 0 Å². The number of anilines is 1. The molecule has 0 aromatic heterocycles. The minimum atomic E-state index is -0.952. The lowest BCUT2D eigenvalue weighted by atomic mass is 10.2. The van der Waals surface area contributed by atoms with Gasteiger partial charge in [-0.25, -0.2) is 4.39 Å². The van der Waals surface area contributed by atoms with Crippen LogP contribution in [0.15, 0.2) is 12.1 Å². The molecule has 1 rings (SSSR count). The van der Waals surface area contributed by atoms with Crippen LogP contribution in [0.2, 0.25) is 0 Å². The Morgan fingerprint density at radius 2 is 2.06 bits per heavy atom. The first-order chi connectivity index (χ1) is 8.12. The second kappa shape index (κ2) is 6.27. The molecule has 0 aliphatic carbocycles. The number of hydrogen-bond acceptors (Lipinski definition) is 5. The van der Waals surface area contributed by atoms with E-state index in [1.54, 1.807) is 0 Å². The SMILES string of the molecule is COc1cc(NCC(O)CO)c(F)c(OC)c1. The van der Waals surface area contributed by atoms with Crippen molar-refractivity contribution < 1.29 is 24.1 Å². The van der Waals surface area contributed by atoms with Crippen LogP contribution in [0.3, 0.4) is 0 Å². The molecule has 0 fully saturated rings. The molecule has 0 aliphatic heterocycles. The molecule has 0 saturated carbocycles. The van der Waals surface area contributed by atoms with Crippen molar-refractivity contribution in [3.05, 3.63) is 17.9 Å². The molecule has 1 atom stereocenters. The highest BCUT2D eigenvalue weighted by atomic mass is 19.1. The molecule has 3 N–H and O–H groups in total. The summed E-state index contributed by atoms with van der Waals surface area (Å²) in [6.07, 6.45) is -0.952. The van der Waals surface area contributed by atoms with E-state index in [4.69, 9.17) is 19.7 Å². The Hall–Kier alpha value is -1.53. The van der Waals surface area contributed by atoms with Crippen molar-refractivity contribution in [1.82, 2.24) is 0 Å². The second-order valence-electron chi connectivity index (χ2n) is 3.41. The van der Waals surface area contributed by atoms with Crippen LogP contribution in [-0.2, 0) is 0 Å². The Balaban J connectivity index is 2.89. The quantitative estimate of drug-likeness (QED) is 0.685. The van der Waals surface area contributed by atoms with E-state index in [9.17, 15) is 4.39 Å². The molecule has 6 heteroatoms. The third kappa shape index (κ3) is 3.47. The van der Waals surface area contributed by atoms with Crippen LogP contribution in [0.25, 0.3) is 0 Å². The van der Waals surface area contributed by atoms with Gasteiger partial charge in [-0.15, -0.1) is 0 Å². The fraction of sp³-hybridized carbons (Fsp3) is 0.455. The van der Waals surface area contributed by atoms with Crippen molar-refractivity contribution >= 4 is 5.69 Å². The lowest BCUT2D eigenvalue weighted by Crippen LogP contribution is -2.23. The molecule has 0 heterocycles. The third-order valence-electron chi connectivity index (χ3n) is 2.21. The van der Waals surface area contributed by atoms with E-state index in [1.807, 2.05) is 0 Å². The van der Waals surface area contributed by atoms with Crippen molar-refractivity contribution in [2.24, 2.45) is 0 Å². The number of rotatable bonds is 6. The number of aliphatic hydroxyl groups is 2. The van der Waals surface area contributed by atoms with Crippen molar-refractivity contribution in [2.45, 2.75) is 6.10 Å². The highest BCUT2D eigenvalue weighted by Crippen LogP contribution is 2.30. The van der Waals surface area contributed by atoms with Crippen LogP contribution >= 0.6 is 0 Å². The van der Waals surface area contributed by atoms with Crippen LogP contribution < -0.4 is 14.8 Å². The summed E-state index contributed by atoms with van der Waals surface area (Å²) >= 11 is 0. The first-order valence-corrected chi connectivity index (χ1v) is 5.06. The number of aliphatic hydroxyl groups excluding tert-OH is 2. The van der Waals surface area contributed by atoms with Gasteiger partial charge in [-0.2, -0.15) is 0 Å². The predicted molar refractivity (Wildman–Crippen MR) is 61.1 cm³/mol. The molecular formula is C11H16FNO4. The van der Waals surface area contributed by atoms with Crippen LogP contribution in [0.5, 0.6) is 11.5 Å². The van der Waals surface area contributed by atoms with Gasteiger partial charge >= 0.3 is 0 Å². The first kappa shape index (κ1) is 13.5. The van der Waals surface area contributed by atoms with E-state index >= 15 is 0 Å². The summed E-state index contributed by atoms with van der Waals surface area (Å²) in [5.41, 5.74) is 0.147. The molecule has 0 aliphatic rings.